The normalized spacial score (nSPS) is 10.0. The van der Waals surface area contributed by atoms with E-state index in [0.29, 0.717) is 5.56 Å². The number of ketones is 1. The number of Topliss-reactive ketones (excluding diaryl/α,β-unsaturated/α-hetero) is 1. The SMILES string of the molecule is COc1ccc(C(=O)C[n+]2ccnc3ccccc32)cc1.[Br-]. The van der Waals surface area contributed by atoms with Gasteiger partial charge in [0.05, 0.1) is 13.3 Å². The van der Waals surface area contributed by atoms with Crippen LogP contribution in [0.5, 0.6) is 5.75 Å². The van der Waals surface area contributed by atoms with Crippen molar-refractivity contribution >= 4 is 16.8 Å². The van der Waals surface area contributed by atoms with Gasteiger partial charge in [-0.15, -0.1) is 0 Å². The molecule has 0 aliphatic heterocycles. The van der Waals surface area contributed by atoms with Gasteiger partial charge in [0.15, 0.2) is 6.20 Å². The molecular weight excluding hydrogens is 344 g/mol. The predicted octanol–water partition coefficient (Wildman–Crippen LogP) is -0.582. The van der Waals surface area contributed by atoms with Crippen LogP contribution in [-0.4, -0.2) is 17.9 Å². The van der Waals surface area contributed by atoms with E-state index >= 15 is 0 Å². The molecule has 1 aromatic heterocycles. The van der Waals surface area contributed by atoms with Crippen molar-refractivity contribution in [1.82, 2.24) is 4.98 Å². The lowest BCUT2D eigenvalue weighted by atomic mass is 10.1. The van der Waals surface area contributed by atoms with Crippen LogP contribution in [0.2, 0.25) is 0 Å². The number of hydrogen-bond acceptors (Lipinski definition) is 3. The number of rotatable bonds is 4. The fraction of sp³-hybridized carbons (Fsp3) is 0.118. The zero-order chi connectivity index (χ0) is 14.7. The summed E-state index contributed by atoms with van der Waals surface area (Å²) >= 11 is 0. The lowest BCUT2D eigenvalue weighted by Gasteiger charge is -2.02. The predicted molar refractivity (Wildman–Crippen MR) is 79.3 cm³/mol. The van der Waals surface area contributed by atoms with Gasteiger partial charge in [-0.25, -0.2) is 4.98 Å². The maximum atomic E-state index is 12.4. The monoisotopic (exact) mass is 358 g/mol. The standard InChI is InChI=1S/C17H15N2O2.BrH/c1-21-14-8-6-13(7-9-14)17(20)12-19-11-10-18-15-4-2-3-5-16(15)19;/h2-11H,12H2,1H3;1H/q+1;/p-1. The van der Waals surface area contributed by atoms with Crippen LogP contribution in [-0.2, 0) is 6.54 Å². The molecule has 0 unspecified atom stereocenters. The molecule has 0 radical (unpaired) electrons. The van der Waals surface area contributed by atoms with Crippen molar-refractivity contribution in [2.75, 3.05) is 7.11 Å². The van der Waals surface area contributed by atoms with Gasteiger partial charge >= 0.3 is 0 Å². The van der Waals surface area contributed by atoms with Gasteiger partial charge in [0.25, 0.3) is 0 Å². The second-order valence-corrected chi connectivity index (χ2v) is 4.70. The molecule has 0 spiro atoms. The molecular formula is C17H15BrN2O2. The van der Waals surface area contributed by atoms with E-state index in [2.05, 4.69) is 4.98 Å². The minimum Gasteiger partial charge on any atom is -1.00 e. The summed E-state index contributed by atoms with van der Waals surface area (Å²) in [5.74, 6) is 0.799. The van der Waals surface area contributed by atoms with Crippen molar-refractivity contribution in [3.63, 3.8) is 0 Å². The average molecular weight is 359 g/mol. The smallest absolute Gasteiger partial charge is 0.231 e. The number of halogens is 1. The van der Waals surface area contributed by atoms with Gasteiger partial charge < -0.3 is 21.7 Å². The Morgan fingerprint density at radius 1 is 1.14 bits per heavy atom. The quantitative estimate of drug-likeness (QED) is 0.463. The number of para-hydroxylation sites is 2. The fourth-order valence-corrected chi connectivity index (χ4v) is 2.25. The van der Waals surface area contributed by atoms with Crippen molar-refractivity contribution in [3.05, 3.63) is 66.5 Å². The number of hydrogen-bond donors (Lipinski definition) is 0. The summed E-state index contributed by atoms with van der Waals surface area (Å²) in [6.07, 6.45) is 3.54. The minimum absolute atomic E-state index is 0. The Morgan fingerprint density at radius 3 is 2.59 bits per heavy atom. The van der Waals surface area contributed by atoms with Crippen LogP contribution in [0.4, 0.5) is 0 Å². The molecule has 0 N–H and O–H groups in total. The molecule has 2 aromatic carbocycles. The molecule has 0 aliphatic rings. The second-order valence-electron chi connectivity index (χ2n) is 4.70. The maximum Gasteiger partial charge on any atom is 0.231 e. The summed E-state index contributed by atoms with van der Waals surface area (Å²) in [5, 5.41) is 0. The third kappa shape index (κ3) is 3.31. The summed E-state index contributed by atoms with van der Waals surface area (Å²) in [6, 6.07) is 14.9. The molecule has 5 heteroatoms. The van der Waals surface area contributed by atoms with Crippen LogP contribution in [0, 0.1) is 0 Å². The Kier molecular flexibility index (Phi) is 5.22. The summed E-state index contributed by atoms with van der Waals surface area (Å²) < 4.78 is 7.01. The van der Waals surface area contributed by atoms with Gasteiger partial charge in [-0.3, -0.25) is 4.79 Å². The maximum absolute atomic E-state index is 12.4. The number of methoxy groups -OCH3 is 1. The second kappa shape index (κ2) is 7.13. The minimum atomic E-state index is 0. The van der Waals surface area contributed by atoms with E-state index in [1.165, 1.54) is 0 Å². The molecule has 4 nitrogen and oxygen atoms in total. The van der Waals surface area contributed by atoms with E-state index in [9.17, 15) is 4.79 Å². The first-order valence-electron chi connectivity index (χ1n) is 6.68. The number of fused-ring (bicyclic) bond motifs is 1. The highest BCUT2D eigenvalue weighted by molar-refractivity contribution is 5.95. The number of nitrogens with zero attached hydrogens (tertiary/aromatic N) is 2. The highest BCUT2D eigenvalue weighted by Crippen LogP contribution is 2.12. The van der Waals surface area contributed by atoms with Gasteiger partial charge in [-0.05, 0) is 30.3 Å². The Morgan fingerprint density at radius 2 is 1.86 bits per heavy atom. The van der Waals surface area contributed by atoms with E-state index in [1.807, 2.05) is 35.0 Å². The zero-order valence-electron chi connectivity index (χ0n) is 12.1. The van der Waals surface area contributed by atoms with Crippen molar-refractivity contribution < 1.29 is 31.1 Å². The number of carbonyl (C=O) groups excluding carboxylic acids is 1. The van der Waals surface area contributed by atoms with Crippen LogP contribution >= 0.6 is 0 Å². The number of benzene rings is 2. The molecule has 3 rings (SSSR count). The first-order chi connectivity index (χ1) is 10.3. The van der Waals surface area contributed by atoms with Gasteiger partial charge in [-0.2, -0.15) is 4.57 Å². The van der Waals surface area contributed by atoms with E-state index in [-0.39, 0.29) is 29.3 Å². The van der Waals surface area contributed by atoms with Crippen LogP contribution in [0.3, 0.4) is 0 Å². The molecule has 0 aliphatic carbocycles. The number of carbonyl (C=O) groups is 1. The fourth-order valence-electron chi connectivity index (χ4n) is 2.25. The molecule has 112 valence electrons. The Hall–Kier alpha value is -2.27. The van der Waals surface area contributed by atoms with Crippen molar-refractivity contribution in [3.8, 4) is 5.75 Å². The molecule has 3 aromatic rings. The van der Waals surface area contributed by atoms with E-state index < -0.39 is 0 Å². The molecule has 0 amide bonds. The molecule has 0 atom stereocenters. The molecule has 0 saturated carbocycles. The van der Waals surface area contributed by atoms with Crippen molar-refractivity contribution in [2.45, 2.75) is 6.54 Å². The summed E-state index contributed by atoms with van der Waals surface area (Å²) in [4.78, 5) is 16.7. The highest BCUT2D eigenvalue weighted by Gasteiger charge is 2.15. The van der Waals surface area contributed by atoms with Gasteiger partial charge in [0.1, 0.15) is 11.3 Å². The largest absolute Gasteiger partial charge is 1.00 e. The summed E-state index contributed by atoms with van der Waals surface area (Å²) in [5.41, 5.74) is 2.49. The van der Waals surface area contributed by atoms with Gasteiger partial charge in [-0.1, -0.05) is 12.1 Å². The van der Waals surface area contributed by atoms with Crippen molar-refractivity contribution in [2.24, 2.45) is 0 Å². The molecule has 22 heavy (non-hydrogen) atoms. The van der Waals surface area contributed by atoms with Crippen LogP contribution in [0.15, 0.2) is 60.9 Å². The Bertz CT molecular complexity index is 783. The van der Waals surface area contributed by atoms with E-state index in [1.54, 1.807) is 37.6 Å². The molecule has 0 fully saturated rings. The lowest BCUT2D eigenvalue weighted by Crippen LogP contribution is -3.00. The van der Waals surface area contributed by atoms with Crippen LogP contribution < -0.4 is 26.3 Å². The zero-order valence-corrected chi connectivity index (χ0v) is 13.7. The first-order valence-corrected chi connectivity index (χ1v) is 6.68. The highest BCUT2D eigenvalue weighted by atomic mass is 79.9. The van der Waals surface area contributed by atoms with Crippen LogP contribution in [0.1, 0.15) is 10.4 Å². The van der Waals surface area contributed by atoms with E-state index in [0.717, 1.165) is 16.8 Å². The van der Waals surface area contributed by atoms with Crippen LogP contribution in [0.25, 0.3) is 11.0 Å². The summed E-state index contributed by atoms with van der Waals surface area (Å²) in [7, 11) is 1.61. The topological polar surface area (TPSA) is 43.1 Å². The molecule has 0 bridgehead atoms. The number of aromatic nitrogens is 2. The Labute approximate surface area is 139 Å². The third-order valence-corrected chi connectivity index (χ3v) is 3.38. The van der Waals surface area contributed by atoms with Gasteiger partial charge in [0.2, 0.25) is 17.8 Å². The average Bonchev–Trinajstić information content (AvgIpc) is 2.55. The summed E-state index contributed by atoms with van der Waals surface area (Å²) in [6.45, 7) is 0.287. The number of ether oxygens (including phenoxy) is 1. The third-order valence-electron chi connectivity index (χ3n) is 3.38. The molecule has 0 saturated heterocycles. The van der Waals surface area contributed by atoms with Crippen molar-refractivity contribution in [1.29, 1.82) is 0 Å². The molecule has 1 heterocycles. The Balaban J connectivity index is 0.00000176. The van der Waals surface area contributed by atoms with E-state index in [4.69, 9.17) is 4.74 Å². The lowest BCUT2D eigenvalue weighted by molar-refractivity contribution is -0.657. The first kappa shape index (κ1) is 16.1. The van der Waals surface area contributed by atoms with Gasteiger partial charge in [0, 0.05) is 11.6 Å².